The van der Waals surface area contributed by atoms with E-state index in [1.165, 1.54) is 17.8 Å². The molecule has 0 saturated carbocycles. The number of hydrogen-bond acceptors (Lipinski definition) is 3. The molecule has 0 radical (unpaired) electrons. The highest BCUT2D eigenvalue weighted by molar-refractivity contribution is 7.99. The molecule has 0 aliphatic rings. The first-order chi connectivity index (χ1) is 8.59. The quantitative estimate of drug-likeness (QED) is 0.923. The summed E-state index contributed by atoms with van der Waals surface area (Å²) in [5.74, 6) is -0.309. The minimum Gasteiger partial charge on any atom is -0.324 e. The minimum atomic E-state index is -0.309. The fourth-order valence-corrected chi connectivity index (χ4v) is 2.78. The van der Waals surface area contributed by atoms with Crippen molar-refractivity contribution in [1.29, 1.82) is 0 Å². The number of hydrogen-bond donors (Lipinski definition) is 1. The molecule has 0 fully saturated rings. The van der Waals surface area contributed by atoms with Crippen molar-refractivity contribution in [1.82, 2.24) is 4.98 Å². The number of rotatable bonds is 3. The maximum atomic E-state index is 13.9. The van der Waals surface area contributed by atoms with E-state index in [-0.39, 0.29) is 11.9 Å². The topological polar surface area (TPSA) is 38.9 Å². The molecule has 18 heavy (non-hydrogen) atoms. The molecular weight excluding hydrogens is 271 g/mol. The van der Waals surface area contributed by atoms with E-state index < -0.39 is 0 Å². The average molecular weight is 283 g/mol. The molecule has 2 rings (SSSR count). The van der Waals surface area contributed by atoms with Crippen LogP contribution in [0, 0.1) is 5.82 Å². The molecule has 1 aromatic heterocycles. The van der Waals surface area contributed by atoms with Crippen LogP contribution in [0.5, 0.6) is 0 Å². The molecule has 94 valence electrons. The minimum absolute atomic E-state index is 0.245. The van der Waals surface area contributed by atoms with Crippen molar-refractivity contribution in [3.05, 3.63) is 52.9 Å². The van der Waals surface area contributed by atoms with Crippen molar-refractivity contribution < 1.29 is 4.39 Å². The second-order valence-corrected chi connectivity index (χ2v) is 5.25. The molecule has 5 heteroatoms. The van der Waals surface area contributed by atoms with Crippen molar-refractivity contribution in [3.63, 3.8) is 0 Å². The van der Waals surface area contributed by atoms with E-state index in [2.05, 4.69) is 4.98 Å². The van der Waals surface area contributed by atoms with Crippen LogP contribution in [-0.2, 0) is 0 Å². The Morgan fingerprint density at radius 1 is 1.33 bits per heavy atom. The molecular formula is C13H12ClFN2S. The lowest BCUT2D eigenvalue weighted by Gasteiger charge is -2.13. The Balaban J connectivity index is 2.43. The van der Waals surface area contributed by atoms with Gasteiger partial charge in [0.25, 0.3) is 0 Å². The molecule has 2 N–H and O–H groups in total. The summed E-state index contributed by atoms with van der Waals surface area (Å²) in [7, 11) is 0. The Morgan fingerprint density at radius 2 is 2.11 bits per heavy atom. The summed E-state index contributed by atoms with van der Waals surface area (Å²) in [4.78, 5) is 4.62. The van der Waals surface area contributed by atoms with Crippen molar-refractivity contribution in [2.45, 2.75) is 22.9 Å². The van der Waals surface area contributed by atoms with Gasteiger partial charge in [0.1, 0.15) is 10.8 Å². The van der Waals surface area contributed by atoms with Gasteiger partial charge in [0.15, 0.2) is 0 Å². The lowest BCUT2D eigenvalue weighted by Crippen LogP contribution is -2.07. The van der Waals surface area contributed by atoms with Gasteiger partial charge in [0, 0.05) is 12.2 Å². The summed E-state index contributed by atoms with van der Waals surface area (Å²) >= 11 is 7.22. The Hall–Kier alpha value is -1.10. The lowest BCUT2D eigenvalue weighted by molar-refractivity contribution is 0.591. The third kappa shape index (κ3) is 2.83. The van der Waals surface area contributed by atoms with Gasteiger partial charge in [0.2, 0.25) is 0 Å². The van der Waals surface area contributed by atoms with Crippen LogP contribution >= 0.6 is 23.4 Å². The molecule has 1 unspecified atom stereocenters. The molecule has 2 nitrogen and oxygen atoms in total. The summed E-state index contributed by atoms with van der Waals surface area (Å²) < 4.78 is 13.9. The van der Waals surface area contributed by atoms with E-state index in [0.29, 0.717) is 14.9 Å². The zero-order chi connectivity index (χ0) is 13.1. The van der Waals surface area contributed by atoms with E-state index in [1.54, 1.807) is 24.4 Å². The van der Waals surface area contributed by atoms with Gasteiger partial charge in [0.05, 0.1) is 9.92 Å². The number of nitrogens with two attached hydrogens (primary N) is 1. The van der Waals surface area contributed by atoms with Gasteiger partial charge in [-0.25, -0.2) is 9.37 Å². The molecule has 0 amide bonds. The van der Waals surface area contributed by atoms with Gasteiger partial charge in [-0.2, -0.15) is 0 Å². The molecule has 0 bridgehead atoms. The second-order valence-electron chi connectivity index (χ2n) is 3.84. The van der Waals surface area contributed by atoms with Gasteiger partial charge >= 0.3 is 0 Å². The molecule has 0 aliphatic carbocycles. The summed E-state index contributed by atoms with van der Waals surface area (Å²) in [5, 5.41) is 1.08. The maximum Gasteiger partial charge on any atom is 0.137 e. The standard InChI is InChI=1S/C13H12ClFN2S/c1-8(16)9-4-2-6-11(15)12(9)18-13-10(14)5-3-7-17-13/h2-8H,16H2,1H3. The molecule has 1 aromatic carbocycles. The van der Waals surface area contributed by atoms with Crippen molar-refractivity contribution in [2.24, 2.45) is 5.73 Å². The number of aromatic nitrogens is 1. The van der Waals surface area contributed by atoms with Crippen LogP contribution in [0.2, 0.25) is 5.02 Å². The fourth-order valence-electron chi connectivity index (χ4n) is 1.53. The predicted octanol–water partition coefficient (Wildman–Crippen LogP) is 4.05. The first-order valence-electron chi connectivity index (χ1n) is 5.42. The number of nitrogens with zero attached hydrogens (tertiary/aromatic N) is 1. The zero-order valence-electron chi connectivity index (χ0n) is 9.73. The largest absolute Gasteiger partial charge is 0.324 e. The number of halogens is 2. The predicted molar refractivity (Wildman–Crippen MR) is 72.4 cm³/mol. The summed E-state index contributed by atoms with van der Waals surface area (Å²) in [6.45, 7) is 1.82. The monoisotopic (exact) mass is 282 g/mol. The van der Waals surface area contributed by atoms with Gasteiger partial charge in [-0.1, -0.05) is 35.5 Å². The number of benzene rings is 1. The Morgan fingerprint density at radius 3 is 2.78 bits per heavy atom. The lowest BCUT2D eigenvalue weighted by atomic mass is 10.1. The van der Waals surface area contributed by atoms with E-state index >= 15 is 0 Å². The highest BCUT2D eigenvalue weighted by Gasteiger charge is 2.14. The highest BCUT2D eigenvalue weighted by atomic mass is 35.5. The van der Waals surface area contributed by atoms with E-state index in [0.717, 1.165) is 5.56 Å². The fraction of sp³-hybridized carbons (Fsp3) is 0.154. The molecule has 0 spiro atoms. The normalized spacial score (nSPS) is 12.4. The first kappa shape index (κ1) is 13.3. The van der Waals surface area contributed by atoms with Crippen molar-refractivity contribution in [2.75, 3.05) is 0 Å². The molecule has 2 aromatic rings. The Bertz CT molecular complexity index is 560. The maximum absolute atomic E-state index is 13.9. The Kier molecular flexibility index (Phi) is 4.22. The van der Waals surface area contributed by atoms with Crippen LogP contribution in [0.4, 0.5) is 4.39 Å². The first-order valence-corrected chi connectivity index (χ1v) is 6.61. The van der Waals surface area contributed by atoms with Crippen molar-refractivity contribution in [3.8, 4) is 0 Å². The van der Waals surface area contributed by atoms with Crippen LogP contribution in [0.3, 0.4) is 0 Å². The SMILES string of the molecule is CC(N)c1cccc(F)c1Sc1ncccc1Cl. The molecule has 0 aliphatic heterocycles. The average Bonchev–Trinajstić information content (AvgIpc) is 2.34. The van der Waals surface area contributed by atoms with Gasteiger partial charge in [-0.3, -0.25) is 0 Å². The summed E-state index contributed by atoms with van der Waals surface area (Å²) in [5.41, 5.74) is 6.59. The molecule has 1 heterocycles. The van der Waals surface area contributed by atoms with Crippen LogP contribution in [0.1, 0.15) is 18.5 Å². The van der Waals surface area contributed by atoms with E-state index in [4.69, 9.17) is 17.3 Å². The smallest absolute Gasteiger partial charge is 0.137 e. The third-order valence-corrected chi connectivity index (χ3v) is 3.98. The highest BCUT2D eigenvalue weighted by Crippen LogP contribution is 2.36. The van der Waals surface area contributed by atoms with Crippen LogP contribution in [0.25, 0.3) is 0 Å². The van der Waals surface area contributed by atoms with Gasteiger partial charge < -0.3 is 5.73 Å². The molecule has 1 atom stereocenters. The number of pyridine rings is 1. The zero-order valence-corrected chi connectivity index (χ0v) is 11.3. The second kappa shape index (κ2) is 5.69. The van der Waals surface area contributed by atoms with Crippen LogP contribution in [-0.4, -0.2) is 4.98 Å². The van der Waals surface area contributed by atoms with E-state index in [1.807, 2.05) is 13.0 Å². The van der Waals surface area contributed by atoms with Gasteiger partial charge in [-0.15, -0.1) is 0 Å². The summed E-state index contributed by atoms with van der Waals surface area (Å²) in [6, 6.07) is 8.09. The van der Waals surface area contributed by atoms with Crippen LogP contribution < -0.4 is 5.73 Å². The van der Waals surface area contributed by atoms with Crippen molar-refractivity contribution >= 4 is 23.4 Å². The van der Waals surface area contributed by atoms with Crippen LogP contribution in [0.15, 0.2) is 46.5 Å². The Labute approximate surface area is 114 Å². The van der Waals surface area contributed by atoms with Gasteiger partial charge in [-0.05, 0) is 30.7 Å². The summed E-state index contributed by atoms with van der Waals surface area (Å²) in [6.07, 6.45) is 1.63. The van der Waals surface area contributed by atoms with E-state index in [9.17, 15) is 4.39 Å². The molecule has 0 saturated heterocycles. The third-order valence-electron chi connectivity index (χ3n) is 2.41.